The number of rotatable bonds is 3. The van der Waals surface area contributed by atoms with E-state index in [4.69, 9.17) is 0 Å². The van der Waals surface area contributed by atoms with Crippen molar-refractivity contribution >= 4 is 27.8 Å². The van der Waals surface area contributed by atoms with Gasteiger partial charge in [-0.3, -0.25) is 9.48 Å². The Balaban J connectivity index is 2.09. The molecule has 1 aromatic carbocycles. The van der Waals surface area contributed by atoms with Crippen LogP contribution in [-0.4, -0.2) is 25.8 Å². The molecule has 6 heteroatoms. The fourth-order valence-corrected chi connectivity index (χ4v) is 2.95. The SMILES string of the molecule is Cc1cc2[nH]c(=O)c3cnn(CC4CC4)c3c2cc1C(=O)O. The van der Waals surface area contributed by atoms with Crippen LogP contribution in [0.2, 0.25) is 0 Å². The van der Waals surface area contributed by atoms with E-state index in [1.807, 2.05) is 4.68 Å². The highest BCUT2D eigenvalue weighted by Gasteiger charge is 2.24. The Morgan fingerprint density at radius 1 is 1.41 bits per heavy atom. The number of aromatic nitrogens is 3. The Labute approximate surface area is 125 Å². The lowest BCUT2D eigenvalue weighted by Crippen LogP contribution is -2.09. The highest BCUT2D eigenvalue weighted by Crippen LogP contribution is 2.32. The first-order valence-electron chi connectivity index (χ1n) is 7.30. The minimum absolute atomic E-state index is 0.188. The van der Waals surface area contributed by atoms with Gasteiger partial charge >= 0.3 is 5.97 Å². The summed E-state index contributed by atoms with van der Waals surface area (Å²) in [5.41, 5.74) is 2.07. The lowest BCUT2D eigenvalue weighted by molar-refractivity contribution is 0.0696. The number of fused-ring (bicyclic) bond motifs is 3. The summed E-state index contributed by atoms with van der Waals surface area (Å²) < 4.78 is 1.84. The molecule has 0 aliphatic heterocycles. The van der Waals surface area contributed by atoms with E-state index >= 15 is 0 Å². The number of nitrogens with one attached hydrogen (secondary N) is 1. The second-order valence-corrected chi connectivity index (χ2v) is 6.00. The van der Waals surface area contributed by atoms with Gasteiger partial charge in [-0.25, -0.2) is 4.79 Å². The number of carboxylic acid groups (broad SMARTS) is 1. The van der Waals surface area contributed by atoms with Gasteiger partial charge in [-0.1, -0.05) is 0 Å². The number of benzene rings is 1. The summed E-state index contributed by atoms with van der Waals surface area (Å²) >= 11 is 0. The van der Waals surface area contributed by atoms with Crippen LogP contribution in [0.4, 0.5) is 0 Å². The van der Waals surface area contributed by atoms with Crippen LogP contribution in [0.3, 0.4) is 0 Å². The maximum Gasteiger partial charge on any atom is 0.335 e. The van der Waals surface area contributed by atoms with Gasteiger partial charge in [-0.15, -0.1) is 0 Å². The molecule has 4 rings (SSSR count). The number of aryl methyl sites for hydroxylation is 1. The molecular weight excluding hydrogens is 282 g/mol. The Morgan fingerprint density at radius 2 is 2.18 bits per heavy atom. The fraction of sp³-hybridized carbons (Fsp3) is 0.312. The average molecular weight is 297 g/mol. The van der Waals surface area contributed by atoms with Crippen LogP contribution >= 0.6 is 0 Å². The highest BCUT2D eigenvalue weighted by atomic mass is 16.4. The summed E-state index contributed by atoms with van der Waals surface area (Å²) in [5.74, 6) is -0.353. The predicted molar refractivity (Wildman–Crippen MR) is 82.3 cm³/mol. The highest BCUT2D eigenvalue weighted by molar-refractivity contribution is 6.06. The zero-order valence-electron chi connectivity index (χ0n) is 12.1. The molecule has 1 aliphatic rings. The number of carboxylic acids is 1. The lowest BCUT2D eigenvalue weighted by Gasteiger charge is -2.08. The molecule has 0 saturated heterocycles. The van der Waals surface area contributed by atoms with Gasteiger partial charge in [0, 0.05) is 11.9 Å². The second kappa shape index (κ2) is 4.43. The summed E-state index contributed by atoms with van der Waals surface area (Å²) in [4.78, 5) is 26.4. The van der Waals surface area contributed by atoms with Crippen LogP contribution < -0.4 is 5.56 Å². The molecule has 112 valence electrons. The molecule has 2 aromatic heterocycles. The summed E-state index contributed by atoms with van der Waals surface area (Å²) in [5, 5.41) is 14.9. The Morgan fingerprint density at radius 3 is 2.86 bits per heavy atom. The summed E-state index contributed by atoms with van der Waals surface area (Å²) in [6.07, 6.45) is 3.93. The van der Waals surface area contributed by atoms with E-state index < -0.39 is 5.97 Å². The number of H-pyrrole nitrogens is 1. The van der Waals surface area contributed by atoms with E-state index in [0.29, 0.717) is 22.4 Å². The first kappa shape index (κ1) is 13.1. The Hall–Kier alpha value is -2.63. The normalized spacial score (nSPS) is 14.8. The third kappa shape index (κ3) is 1.91. The Kier molecular flexibility index (Phi) is 2.63. The van der Waals surface area contributed by atoms with Gasteiger partial charge in [-0.2, -0.15) is 5.10 Å². The molecule has 22 heavy (non-hydrogen) atoms. The first-order valence-corrected chi connectivity index (χ1v) is 7.30. The maximum absolute atomic E-state index is 12.2. The van der Waals surface area contributed by atoms with Gasteiger partial charge in [0.25, 0.3) is 5.56 Å². The molecule has 3 aromatic rings. The number of pyridine rings is 1. The topological polar surface area (TPSA) is 88.0 Å². The standard InChI is InChI=1S/C16H15N3O3/c1-8-4-13-11(5-10(8)16(21)22)14-12(15(20)18-13)6-17-19(14)7-9-2-3-9/h4-6,9H,2-3,7H2,1H3,(H,18,20)(H,21,22). The van der Waals surface area contributed by atoms with E-state index in [2.05, 4.69) is 10.1 Å². The molecule has 6 nitrogen and oxygen atoms in total. The van der Waals surface area contributed by atoms with E-state index in [1.165, 1.54) is 12.8 Å². The average Bonchev–Trinajstić information content (AvgIpc) is 3.16. The minimum Gasteiger partial charge on any atom is -0.478 e. The van der Waals surface area contributed by atoms with Crippen LogP contribution in [0.5, 0.6) is 0 Å². The van der Waals surface area contributed by atoms with Gasteiger partial charge in [-0.05, 0) is 43.4 Å². The molecular formula is C16H15N3O3. The summed E-state index contributed by atoms with van der Waals surface area (Å²) in [6, 6.07) is 3.35. The van der Waals surface area contributed by atoms with Crippen molar-refractivity contribution in [2.24, 2.45) is 5.92 Å². The number of hydrogen-bond acceptors (Lipinski definition) is 3. The van der Waals surface area contributed by atoms with Crippen molar-refractivity contribution in [1.29, 1.82) is 0 Å². The first-order chi connectivity index (χ1) is 10.5. The van der Waals surface area contributed by atoms with Crippen molar-refractivity contribution in [3.63, 3.8) is 0 Å². The number of aromatic carboxylic acids is 1. The van der Waals surface area contributed by atoms with E-state index in [-0.39, 0.29) is 11.1 Å². The smallest absolute Gasteiger partial charge is 0.335 e. The van der Waals surface area contributed by atoms with Gasteiger partial charge in [0.15, 0.2) is 0 Å². The van der Waals surface area contributed by atoms with Gasteiger partial charge < -0.3 is 10.1 Å². The monoisotopic (exact) mass is 297 g/mol. The zero-order valence-corrected chi connectivity index (χ0v) is 12.1. The molecule has 2 N–H and O–H groups in total. The van der Waals surface area contributed by atoms with Crippen molar-refractivity contribution in [2.45, 2.75) is 26.3 Å². The fourth-order valence-electron chi connectivity index (χ4n) is 2.95. The zero-order chi connectivity index (χ0) is 15.4. The van der Waals surface area contributed by atoms with Crippen LogP contribution in [0.1, 0.15) is 28.8 Å². The molecule has 1 fully saturated rings. The molecule has 0 unspecified atom stereocenters. The lowest BCUT2D eigenvalue weighted by atomic mass is 10.0. The van der Waals surface area contributed by atoms with Crippen molar-refractivity contribution in [3.8, 4) is 0 Å². The number of hydrogen-bond donors (Lipinski definition) is 2. The van der Waals surface area contributed by atoms with Gasteiger partial charge in [0.1, 0.15) is 0 Å². The van der Waals surface area contributed by atoms with Crippen LogP contribution in [0.15, 0.2) is 23.1 Å². The molecule has 0 amide bonds. The van der Waals surface area contributed by atoms with E-state index in [9.17, 15) is 14.7 Å². The largest absolute Gasteiger partial charge is 0.478 e. The van der Waals surface area contributed by atoms with E-state index in [0.717, 1.165) is 17.4 Å². The van der Waals surface area contributed by atoms with Crippen LogP contribution in [0, 0.1) is 12.8 Å². The molecule has 0 spiro atoms. The van der Waals surface area contributed by atoms with Crippen molar-refractivity contribution in [3.05, 3.63) is 39.8 Å². The summed E-state index contributed by atoms with van der Waals surface area (Å²) in [6.45, 7) is 2.51. The van der Waals surface area contributed by atoms with Crippen molar-refractivity contribution in [1.82, 2.24) is 14.8 Å². The van der Waals surface area contributed by atoms with Crippen LogP contribution in [-0.2, 0) is 6.54 Å². The molecule has 2 heterocycles. The molecule has 0 atom stereocenters. The van der Waals surface area contributed by atoms with Gasteiger partial charge in [0.05, 0.1) is 28.2 Å². The molecule has 1 saturated carbocycles. The quantitative estimate of drug-likeness (QED) is 0.776. The maximum atomic E-state index is 12.2. The third-order valence-electron chi connectivity index (χ3n) is 4.31. The van der Waals surface area contributed by atoms with Crippen molar-refractivity contribution in [2.75, 3.05) is 0 Å². The van der Waals surface area contributed by atoms with Gasteiger partial charge in [0.2, 0.25) is 0 Å². The number of aromatic amines is 1. The third-order valence-corrected chi connectivity index (χ3v) is 4.31. The number of carbonyl (C=O) groups is 1. The summed E-state index contributed by atoms with van der Waals surface area (Å²) in [7, 11) is 0. The molecule has 0 radical (unpaired) electrons. The van der Waals surface area contributed by atoms with Crippen molar-refractivity contribution < 1.29 is 9.90 Å². The molecule has 1 aliphatic carbocycles. The van der Waals surface area contributed by atoms with E-state index in [1.54, 1.807) is 25.3 Å². The predicted octanol–water partition coefficient (Wildman–Crippen LogP) is 2.29. The Bertz CT molecular complexity index is 980. The second-order valence-electron chi connectivity index (χ2n) is 6.00. The minimum atomic E-state index is -0.966. The van der Waals surface area contributed by atoms with Crippen LogP contribution in [0.25, 0.3) is 21.8 Å². The number of nitrogens with zero attached hydrogens (tertiary/aromatic N) is 2. The molecule has 0 bridgehead atoms.